The first-order chi connectivity index (χ1) is 9.31. The van der Waals surface area contributed by atoms with E-state index in [1.165, 1.54) is 14.1 Å². The van der Waals surface area contributed by atoms with Gasteiger partial charge >= 0.3 is 16.2 Å². The van der Waals surface area contributed by atoms with E-state index >= 15 is 0 Å². The average molecular weight is 298 g/mol. The molecule has 20 heavy (non-hydrogen) atoms. The van der Waals surface area contributed by atoms with E-state index in [1.54, 1.807) is 12.1 Å². The third kappa shape index (κ3) is 2.94. The number of carboxylic acids is 1. The van der Waals surface area contributed by atoms with Crippen molar-refractivity contribution < 1.29 is 18.3 Å². The Morgan fingerprint density at radius 3 is 2.25 bits per heavy atom. The molecule has 0 amide bonds. The number of anilines is 1. The van der Waals surface area contributed by atoms with Crippen LogP contribution in [-0.4, -0.2) is 37.9 Å². The Labute approximate surface area is 118 Å². The van der Waals surface area contributed by atoms with Crippen molar-refractivity contribution in [1.29, 1.82) is 0 Å². The molecule has 6 nitrogen and oxygen atoms in total. The third-order valence-corrected chi connectivity index (χ3v) is 4.87. The first-order valence-electron chi connectivity index (χ1n) is 6.40. The zero-order valence-electron chi connectivity index (χ0n) is 11.5. The van der Waals surface area contributed by atoms with Crippen molar-refractivity contribution in [1.82, 2.24) is 4.31 Å². The summed E-state index contributed by atoms with van der Waals surface area (Å²) in [6.07, 6.45) is 3.77. The lowest BCUT2D eigenvalue weighted by Gasteiger charge is -2.20. The molecule has 0 heterocycles. The van der Waals surface area contributed by atoms with Gasteiger partial charge < -0.3 is 5.11 Å². The minimum atomic E-state index is -3.71. The lowest BCUT2D eigenvalue weighted by atomic mass is 9.89. The van der Waals surface area contributed by atoms with E-state index < -0.39 is 16.2 Å². The van der Waals surface area contributed by atoms with Gasteiger partial charge in [-0.1, -0.05) is 0 Å². The largest absolute Gasteiger partial charge is 0.478 e. The van der Waals surface area contributed by atoms with Crippen LogP contribution in [0.4, 0.5) is 5.69 Å². The summed E-state index contributed by atoms with van der Waals surface area (Å²) < 4.78 is 27.1. The van der Waals surface area contributed by atoms with Crippen LogP contribution in [0.15, 0.2) is 12.1 Å². The number of benzene rings is 1. The fraction of sp³-hybridized carbons (Fsp3) is 0.462. The van der Waals surface area contributed by atoms with Crippen molar-refractivity contribution in [2.24, 2.45) is 0 Å². The standard InChI is InChI=1S/C13H18N2O4S/c1-15(2)20(18,19)14-12-8-10-6-4-3-5-9(10)7-11(12)13(16)17/h7-8,14H,3-6H2,1-2H3,(H,16,17). The van der Waals surface area contributed by atoms with Crippen LogP contribution in [-0.2, 0) is 23.1 Å². The Balaban J connectivity index is 2.48. The predicted molar refractivity (Wildman–Crippen MR) is 76.3 cm³/mol. The van der Waals surface area contributed by atoms with Crippen LogP contribution >= 0.6 is 0 Å². The molecular formula is C13H18N2O4S. The summed E-state index contributed by atoms with van der Waals surface area (Å²) >= 11 is 0. The number of nitrogens with zero attached hydrogens (tertiary/aromatic N) is 1. The first kappa shape index (κ1) is 14.8. The molecule has 0 radical (unpaired) electrons. The number of aromatic carboxylic acids is 1. The van der Waals surface area contributed by atoms with Gasteiger partial charge in [0.1, 0.15) is 0 Å². The topological polar surface area (TPSA) is 86.7 Å². The van der Waals surface area contributed by atoms with Gasteiger partial charge in [-0.25, -0.2) is 4.79 Å². The number of carboxylic acid groups (broad SMARTS) is 1. The van der Waals surface area contributed by atoms with Crippen molar-refractivity contribution in [3.8, 4) is 0 Å². The molecule has 0 bridgehead atoms. The van der Waals surface area contributed by atoms with E-state index in [1.807, 2.05) is 0 Å². The molecule has 0 fully saturated rings. The van der Waals surface area contributed by atoms with E-state index in [4.69, 9.17) is 0 Å². The number of fused-ring (bicyclic) bond motifs is 1. The molecule has 2 N–H and O–H groups in total. The normalized spacial score (nSPS) is 14.9. The zero-order chi connectivity index (χ0) is 14.9. The zero-order valence-corrected chi connectivity index (χ0v) is 12.3. The van der Waals surface area contributed by atoms with Crippen molar-refractivity contribution in [3.05, 3.63) is 28.8 Å². The molecule has 0 unspecified atom stereocenters. The maximum absolute atomic E-state index is 11.9. The Morgan fingerprint density at radius 1 is 1.20 bits per heavy atom. The minimum absolute atomic E-state index is 0.00363. The van der Waals surface area contributed by atoms with Crippen molar-refractivity contribution >= 4 is 21.9 Å². The average Bonchev–Trinajstić information content (AvgIpc) is 2.37. The van der Waals surface area contributed by atoms with Gasteiger partial charge in [-0.2, -0.15) is 12.7 Å². The summed E-state index contributed by atoms with van der Waals surface area (Å²) in [5.74, 6) is -1.13. The monoisotopic (exact) mass is 298 g/mol. The number of hydrogen-bond donors (Lipinski definition) is 2. The molecule has 1 aromatic carbocycles. The van der Waals surface area contributed by atoms with Crippen LogP contribution in [0.1, 0.15) is 34.3 Å². The van der Waals surface area contributed by atoms with Gasteiger partial charge in [0.05, 0.1) is 11.3 Å². The number of rotatable bonds is 4. The summed E-state index contributed by atoms with van der Waals surface area (Å²) in [5.41, 5.74) is 2.15. The van der Waals surface area contributed by atoms with Gasteiger partial charge in [-0.3, -0.25) is 4.72 Å². The fourth-order valence-corrected chi connectivity index (χ4v) is 2.91. The number of carbonyl (C=O) groups is 1. The molecule has 1 aliphatic rings. The van der Waals surface area contributed by atoms with Gasteiger partial charge in [0.25, 0.3) is 0 Å². The minimum Gasteiger partial charge on any atom is -0.478 e. The van der Waals surface area contributed by atoms with Crippen LogP contribution in [0.3, 0.4) is 0 Å². The van der Waals surface area contributed by atoms with E-state index in [9.17, 15) is 18.3 Å². The maximum Gasteiger partial charge on any atom is 0.337 e. The second-order valence-electron chi connectivity index (χ2n) is 5.07. The highest BCUT2D eigenvalue weighted by Gasteiger charge is 2.21. The fourth-order valence-electron chi connectivity index (χ4n) is 2.28. The van der Waals surface area contributed by atoms with Crippen LogP contribution in [0.2, 0.25) is 0 Å². The summed E-state index contributed by atoms with van der Waals surface area (Å²) in [5, 5.41) is 9.25. The Morgan fingerprint density at radius 2 is 1.75 bits per heavy atom. The van der Waals surface area contributed by atoms with Crippen molar-refractivity contribution in [2.45, 2.75) is 25.7 Å². The van der Waals surface area contributed by atoms with Crippen molar-refractivity contribution in [3.63, 3.8) is 0 Å². The maximum atomic E-state index is 11.9. The molecule has 1 aromatic rings. The summed E-state index contributed by atoms with van der Waals surface area (Å²) in [7, 11) is -0.934. The molecule has 0 aromatic heterocycles. The van der Waals surface area contributed by atoms with Crippen LogP contribution < -0.4 is 4.72 Å². The van der Waals surface area contributed by atoms with Crippen molar-refractivity contribution in [2.75, 3.05) is 18.8 Å². The lowest BCUT2D eigenvalue weighted by Crippen LogP contribution is -2.29. The Hall–Kier alpha value is -1.60. The summed E-state index contributed by atoms with van der Waals surface area (Å²) in [6.45, 7) is 0. The molecule has 0 saturated heterocycles. The SMILES string of the molecule is CN(C)S(=O)(=O)Nc1cc2c(cc1C(=O)O)CCCC2. The molecule has 110 valence electrons. The summed E-state index contributed by atoms with van der Waals surface area (Å²) in [6, 6.07) is 3.24. The predicted octanol–water partition coefficient (Wildman–Crippen LogP) is 1.48. The van der Waals surface area contributed by atoms with Gasteiger partial charge in [0.2, 0.25) is 0 Å². The lowest BCUT2D eigenvalue weighted by molar-refractivity contribution is 0.0698. The van der Waals surface area contributed by atoms with E-state index in [0.717, 1.165) is 41.1 Å². The Kier molecular flexibility index (Phi) is 4.01. The third-order valence-electron chi connectivity index (χ3n) is 3.43. The smallest absolute Gasteiger partial charge is 0.337 e. The van der Waals surface area contributed by atoms with Crippen LogP contribution in [0.25, 0.3) is 0 Å². The number of nitrogens with one attached hydrogen (secondary N) is 1. The second-order valence-corrected chi connectivity index (χ2v) is 6.95. The molecule has 0 aliphatic heterocycles. The quantitative estimate of drug-likeness (QED) is 0.881. The molecule has 2 rings (SSSR count). The van der Waals surface area contributed by atoms with Gasteiger partial charge in [-0.05, 0) is 48.9 Å². The van der Waals surface area contributed by atoms with E-state index in [2.05, 4.69) is 4.72 Å². The van der Waals surface area contributed by atoms with Gasteiger partial charge in [-0.15, -0.1) is 0 Å². The number of aryl methyl sites for hydroxylation is 2. The van der Waals surface area contributed by atoms with Gasteiger partial charge in [0.15, 0.2) is 0 Å². The van der Waals surface area contributed by atoms with Crippen LogP contribution in [0, 0.1) is 0 Å². The van der Waals surface area contributed by atoms with Gasteiger partial charge in [0, 0.05) is 14.1 Å². The van der Waals surface area contributed by atoms with E-state index in [-0.39, 0.29) is 11.3 Å². The molecule has 7 heteroatoms. The molecule has 0 saturated carbocycles. The highest BCUT2D eigenvalue weighted by Crippen LogP contribution is 2.28. The highest BCUT2D eigenvalue weighted by atomic mass is 32.2. The number of hydrogen-bond acceptors (Lipinski definition) is 3. The Bertz CT molecular complexity index is 638. The molecular weight excluding hydrogens is 280 g/mol. The molecule has 0 atom stereocenters. The van der Waals surface area contributed by atoms with E-state index in [0.29, 0.717) is 0 Å². The highest BCUT2D eigenvalue weighted by molar-refractivity contribution is 7.90. The summed E-state index contributed by atoms with van der Waals surface area (Å²) in [4.78, 5) is 11.3. The first-order valence-corrected chi connectivity index (χ1v) is 7.84. The molecule has 1 aliphatic carbocycles. The second kappa shape index (κ2) is 5.41. The molecule has 0 spiro atoms. The van der Waals surface area contributed by atoms with Crippen LogP contribution in [0.5, 0.6) is 0 Å².